The second kappa shape index (κ2) is 12.2. The van der Waals surface area contributed by atoms with Crippen molar-refractivity contribution in [1.29, 1.82) is 0 Å². The molecule has 12 nitrogen and oxygen atoms in total. The van der Waals surface area contributed by atoms with Crippen LogP contribution < -0.4 is 16.8 Å². The van der Waals surface area contributed by atoms with Crippen molar-refractivity contribution in [2.75, 3.05) is 24.7 Å². The lowest BCUT2D eigenvalue weighted by Crippen LogP contribution is -2.42. The van der Waals surface area contributed by atoms with Gasteiger partial charge in [-0.05, 0) is 62.7 Å². The molecule has 5 N–H and O–H groups in total. The van der Waals surface area contributed by atoms with Gasteiger partial charge < -0.3 is 26.3 Å². The predicted octanol–water partition coefficient (Wildman–Crippen LogP) is 3.21. The average molecular weight is 494 g/mol. The number of ether oxygens (including phenoxy) is 2. The predicted molar refractivity (Wildman–Crippen MR) is 133 cm³/mol. The zero-order valence-corrected chi connectivity index (χ0v) is 19.9. The molecule has 0 saturated carbocycles. The maximum absolute atomic E-state index is 12.7. The molecule has 36 heavy (non-hydrogen) atoms. The number of hydrogen-bond acceptors (Lipinski definition) is 11. The smallest absolute Gasteiger partial charge is 0.328 e. The number of nitrogen functional groups attached to an aromatic ring is 2. The standard InChI is InChI=1S/C24H27N7O5/c1-3-35-20(32)12-11-19(23(34)36-4-2)27-22(33)14-5-7-15(8-6-14)30-31-16-9-10-18-17(13-16)21(25)29-24(26)28-18/h5-10,13,19H,3-4,11-12H2,1-2H3,(H,27,33)(H4,25,26,28,29)/t19-/m0/s1. The second-order valence-electron chi connectivity index (χ2n) is 7.54. The first-order chi connectivity index (χ1) is 17.3. The van der Waals surface area contributed by atoms with Crippen LogP contribution >= 0.6 is 0 Å². The highest BCUT2D eigenvalue weighted by Gasteiger charge is 2.24. The van der Waals surface area contributed by atoms with Crippen molar-refractivity contribution in [1.82, 2.24) is 15.3 Å². The number of hydrogen-bond donors (Lipinski definition) is 3. The van der Waals surface area contributed by atoms with Crippen LogP contribution in [0.5, 0.6) is 0 Å². The molecule has 188 valence electrons. The van der Waals surface area contributed by atoms with Crippen molar-refractivity contribution >= 4 is 51.9 Å². The van der Waals surface area contributed by atoms with E-state index in [-0.39, 0.29) is 37.8 Å². The van der Waals surface area contributed by atoms with E-state index in [0.717, 1.165) is 0 Å². The van der Waals surface area contributed by atoms with Gasteiger partial charge in [-0.1, -0.05) is 0 Å². The Morgan fingerprint density at radius 1 is 0.944 bits per heavy atom. The minimum absolute atomic E-state index is 0.0309. The molecular formula is C24H27N7O5. The topological polar surface area (TPSA) is 184 Å². The number of rotatable bonds is 10. The van der Waals surface area contributed by atoms with E-state index in [0.29, 0.717) is 27.8 Å². The Morgan fingerprint density at radius 2 is 1.61 bits per heavy atom. The van der Waals surface area contributed by atoms with E-state index in [2.05, 4.69) is 25.5 Å². The number of amides is 1. The van der Waals surface area contributed by atoms with Crippen LogP contribution in [0.3, 0.4) is 0 Å². The summed E-state index contributed by atoms with van der Waals surface area (Å²) in [4.78, 5) is 44.6. The summed E-state index contributed by atoms with van der Waals surface area (Å²) >= 11 is 0. The van der Waals surface area contributed by atoms with Gasteiger partial charge in [0, 0.05) is 17.4 Å². The highest BCUT2D eigenvalue weighted by molar-refractivity contribution is 5.97. The van der Waals surface area contributed by atoms with Crippen molar-refractivity contribution < 1.29 is 23.9 Å². The molecule has 0 aliphatic carbocycles. The zero-order valence-electron chi connectivity index (χ0n) is 19.9. The van der Waals surface area contributed by atoms with Gasteiger partial charge in [-0.2, -0.15) is 15.2 Å². The normalized spacial score (nSPS) is 11.8. The van der Waals surface area contributed by atoms with Gasteiger partial charge in [0.2, 0.25) is 5.95 Å². The summed E-state index contributed by atoms with van der Waals surface area (Å²) in [6.45, 7) is 3.73. The molecule has 3 rings (SSSR count). The first-order valence-corrected chi connectivity index (χ1v) is 11.3. The van der Waals surface area contributed by atoms with E-state index in [9.17, 15) is 14.4 Å². The number of esters is 2. The largest absolute Gasteiger partial charge is 0.466 e. The summed E-state index contributed by atoms with van der Waals surface area (Å²) in [5, 5.41) is 11.6. The van der Waals surface area contributed by atoms with Gasteiger partial charge >= 0.3 is 11.9 Å². The van der Waals surface area contributed by atoms with E-state index in [4.69, 9.17) is 20.9 Å². The third kappa shape index (κ3) is 6.95. The van der Waals surface area contributed by atoms with Crippen LogP contribution in [0.25, 0.3) is 10.9 Å². The van der Waals surface area contributed by atoms with Crippen molar-refractivity contribution in [3.8, 4) is 0 Å². The molecule has 0 bridgehead atoms. The van der Waals surface area contributed by atoms with Crippen LogP contribution in [0.15, 0.2) is 52.7 Å². The molecule has 0 radical (unpaired) electrons. The molecule has 0 fully saturated rings. The van der Waals surface area contributed by atoms with Crippen LogP contribution in [-0.4, -0.2) is 47.1 Å². The van der Waals surface area contributed by atoms with Crippen molar-refractivity contribution in [3.63, 3.8) is 0 Å². The lowest BCUT2D eigenvalue weighted by atomic mass is 10.1. The van der Waals surface area contributed by atoms with Gasteiger partial charge in [-0.15, -0.1) is 0 Å². The van der Waals surface area contributed by atoms with Crippen LogP contribution in [0, 0.1) is 0 Å². The molecule has 0 aliphatic heterocycles. The first kappa shape index (κ1) is 26.0. The van der Waals surface area contributed by atoms with E-state index >= 15 is 0 Å². The number of fused-ring (bicyclic) bond motifs is 1. The van der Waals surface area contributed by atoms with Crippen molar-refractivity contribution in [2.45, 2.75) is 32.7 Å². The summed E-state index contributed by atoms with van der Waals surface area (Å²) in [6.07, 6.45) is 0.0282. The number of benzene rings is 2. The fourth-order valence-corrected chi connectivity index (χ4v) is 3.24. The molecule has 2 aromatic carbocycles. The lowest BCUT2D eigenvalue weighted by molar-refractivity contribution is -0.146. The number of anilines is 2. The van der Waals surface area contributed by atoms with Crippen LogP contribution in [0.4, 0.5) is 23.1 Å². The summed E-state index contributed by atoms with van der Waals surface area (Å²) in [5.41, 5.74) is 13.4. The Hall–Kier alpha value is -4.61. The number of nitrogens with two attached hydrogens (primary N) is 2. The molecule has 0 unspecified atom stereocenters. The van der Waals surface area contributed by atoms with E-state index in [1.54, 1.807) is 56.3 Å². The van der Waals surface area contributed by atoms with Crippen molar-refractivity contribution in [2.24, 2.45) is 10.2 Å². The molecule has 0 saturated heterocycles. The Bertz CT molecular complexity index is 1280. The molecule has 3 aromatic rings. The lowest BCUT2D eigenvalue weighted by Gasteiger charge is -2.17. The SMILES string of the molecule is CCOC(=O)CC[C@H](NC(=O)c1ccc(N=Nc2ccc3nc(N)nc(N)c3c2)cc1)C(=O)OCC. The summed E-state index contributed by atoms with van der Waals surface area (Å²) in [5.74, 6) is -1.24. The monoisotopic (exact) mass is 493 g/mol. The number of azo groups is 1. The first-order valence-electron chi connectivity index (χ1n) is 11.3. The summed E-state index contributed by atoms with van der Waals surface area (Å²) in [7, 11) is 0. The molecule has 1 heterocycles. The van der Waals surface area contributed by atoms with Gasteiger partial charge in [-0.3, -0.25) is 9.59 Å². The van der Waals surface area contributed by atoms with Crippen LogP contribution in [-0.2, 0) is 19.1 Å². The Morgan fingerprint density at radius 3 is 2.31 bits per heavy atom. The Balaban J connectivity index is 1.67. The number of aromatic nitrogens is 2. The second-order valence-corrected chi connectivity index (χ2v) is 7.54. The Labute approximate surface area is 207 Å². The quantitative estimate of drug-likeness (QED) is 0.282. The third-order valence-electron chi connectivity index (χ3n) is 4.96. The number of nitrogens with zero attached hydrogens (tertiary/aromatic N) is 4. The molecule has 1 aromatic heterocycles. The summed E-state index contributed by atoms with van der Waals surface area (Å²) in [6, 6.07) is 10.4. The zero-order chi connectivity index (χ0) is 26.1. The van der Waals surface area contributed by atoms with E-state index in [1.165, 1.54) is 0 Å². The van der Waals surface area contributed by atoms with Gasteiger partial charge in [0.1, 0.15) is 11.9 Å². The summed E-state index contributed by atoms with van der Waals surface area (Å²) < 4.78 is 9.89. The molecule has 12 heteroatoms. The van der Waals surface area contributed by atoms with Gasteiger partial charge in [0.25, 0.3) is 5.91 Å². The molecule has 0 aliphatic rings. The van der Waals surface area contributed by atoms with Gasteiger partial charge in [-0.25, -0.2) is 9.78 Å². The minimum atomic E-state index is -0.985. The maximum Gasteiger partial charge on any atom is 0.328 e. The average Bonchev–Trinajstić information content (AvgIpc) is 2.85. The van der Waals surface area contributed by atoms with E-state index < -0.39 is 23.9 Å². The van der Waals surface area contributed by atoms with Gasteiger partial charge in [0.15, 0.2) is 0 Å². The molecular weight excluding hydrogens is 466 g/mol. The Kier molecular flexibility index (Phi) is 8.81. The highest BCUT2D eigenvalue weighted by atomic mass is 16.5. The van der Waals surface area contributed by atoms with E-state index in [1.807, 2.05) is 0 Å². The number of carbonyl (C=O) groups is 3. The van der Waals surface area contributed by atoms with Gasteiger partial charge in [0.05, 0.1) is 30.1 Å². The fourth-order valence-electron chi connectivity index (χ4n) is 3.24. The number of nitrogens with one attached hydrogen (secondary N) is 1. The fraction of sp³-hybridized carbons (Fsp3) is 0.292. The highest BCUT2D eigenvalue weighted by Crippen LogP contribution is 2.26. The minimum Gasteiger partial charge on any atom is -0.466 e. The van der Waals surface area contributed by atoms with Crippen molar-refractivity contribution in [3.05, 3.63) is 48.0 Å². The molecule has 0 spiro atoms. The molecule has 1 atom stereocenters. The van der Waals surface area contributed by atoms with Crippen LogP contribution in [0.1, 0.15) is 37.0 Å². The molecule has 1 amide bonds. The van der Waals surface area contributed by atoms with Crippen LogP contribution in [0.2, 0.25) is 0 Å². The maximum atomic E-state index is 12.7. The number of carbonyl (C=O) groups excluding carboxylic acids is 3. The third-order valence-corrected chi connectivity index (χ3v) is 4.96.